The Morgan fingerprint density at radius 2 is 1.90 bits per heavy atom. The number of allylic oxidation sites excluding steroid dienone is 1. The first-order valence-corrected chi connectivity index (χ1v) is 18.3. The number of halogens is 1. The molecule has 6 atom stereocenters. The van der Waals surface area contributed by atoms with Gasteiger partial charge in [0.15, 0.2) is 8.32 Å². The van der Waals surface area contributed by atoms with Crippen molar-refractivity contribution in [3.63, 3.8) is 0 Å². The zero-order valence-electron chi connectivity index (χ0n) is 26.1. The first-order chi connectivity index (χ1) is 19.2. The van der Waals surface area contributed by atoms with E-state index in [1.54, 1.807) is 0 Å². The van der Waals surface area contributed by atoms with E-state index in [-0.39, 0.29) is 27.6 Å². The Hall–Kier alpha value is -2.41. The molecule has 2 fully saturated rings. The van der Waals surface area contributed by atoms with Gasteiger partial charge in [-0.05, 0) is 127 Å². The van der Waals surface area contributed by atoms with Gasteiger partial charge in [-0.15, -0.1) is 0 Å². The van der Waals surface area contributed by atoms with Crippen molar-refractivity contribution in [2.24, 2.45) is 39.6 Å². The Labute approximate surface area is 246 Å². The summed E-state index contributed by atoms with van der Waals surface area (Å²) in [5.41, 5.74) is 14.2. The molecule has 1 heterocycles. The number of nitrogens with zero attached hydrogens (tertiary/aromatic N) is 5. The highest BCUT2D eigenvalue weighted by Crippen LogP contribution is 2.63. The number of aromatic nitrogens is 2. The van der Waals surface area contributed by atoms with Crippen molar-refractivity contribution in [2.45, 2.75) is 91.3 Å². The molecular formula is C33H48FN5OSi. The van der Waals surface area contributed by atoms with Crippen molar-refractivity contribution in [3.05, 3.63) is 70.1 Å². The van der Waals surface area contributed by atoms with Crippen LogP contribution < -0.4 is 0 Å². The van der Waals surface area contributed by atoms with Crippen molar-refractivity contribution >= 4 is 8.32 Å². The van der Waals surface area contributed by atoms with Crippen molar-refractivity contribution in [3.8, 4) is 5.69 Å². The predicted octanol–water partition coefficient (Wildman–Crippen LogP) is 9.06. The van der Waals surface area contributed by atoms with Gasteiger partial charge in [0, 0.05) is 23.8 Å². The minimum atomic E-state index is -1.98. The standard InChI is InChI=1S/C33H48FN5OSi/c1-22-9-14-28-27(20-36-38-35)29(15-16-32(22,28)5)33(6)18-23-19-37-39(26-12-10-25(34)11-13-26)30(23)17-24(33)21-40-41(7,8)31(2,3)4/h10-13,19,24,27-29H,1,9,14-18,20-21H2,2-8H3/t24-,27+,28+,29+,32-,33+/m1/s1. The van der Waals surface area contributed by atoms with Gasteiger partial charge >= 0.3 is 0 Å². The van der Waals surface area contributed by atoms with E-state index in [4.69, 9.17) is 9.52 Å². The van der Waals surface area contributed by atoms with E-state index in [1.165, 1.54) is 29.0 Å². The highest BCUT2D eigenvalue weighted by molar-refractivity contribution is 6.74. The van der Waals surface area contributed by atoms with Gasteiger partial charge in [0.05, 0.1) is 11.9 Å². The van der Waals surface area contributed by atoms with Crippen molar-refractivity contribution in [2.75, 3.05) is 13.2 Å². The maximum absolute atomic E-state index is 13.7. The summed E-state index contributed by atoms with van der Waals surface area (Å²) >= 11 is 0. The lowest BCUT2D eigenvalue weighted by Gasteiger charge is -2.56. The van der Waals surface area contributed by atoms with Gasteiger partial charge in [-0.25, -0.2) is 9.07 Å². The topological polar surface area (TPSA) is 75.8 Å². The molecule has 2 saturated carbocycles. The van der Waals surface area contributed by atoms with E-state index >= 15 is 0 Å². The number of rotatable bonds is 7. The van der Waals surface area contributed by atoms with Gasteiger partial charge in [-0.2, -0.15) is 5.10 Å². The van der Waals surface area contributed by atoms with Gasteiger partial charge in [-0.1, -0.05) is 51.9 Å². The van der Waals surface area contributed by atoms with Crippen LogP contribution in [-0.2, 0) is 17.3 Å². The Bertz CT molecular complexity index is 1340. The molecule has 222 valence electrons. The normalized spacial score (nSPS) is 31.9. The summed E-state index contributed by atoms with van der Waals surface area (Å²) in [6.07, 6.45) is 8.24. The van der Waals surface area contributed by atoms with Gasteiger partial charge in [-0.3, -0.25) is 0 Å². The third-order valence-corrected chi connectivity index (χ3v) is 16.5. The smallest absolute Gasteiger partial charge is 0.191 e. The minimum Gasteiger partial charge on any atom is -0.417 e. The largest absolute Gasteiger partial charge is 0.417 e. The monoisotopic (exact) mass is 577 g/mol. The van der Waals surface area contributed by atoms with Crippen LogP contribution in [0.25, 0.3) is 16.1 Å². The lowest BCUT2D eigenvalue weighted by Crippen LogP contribution is -2.53. The van der Waals surface area contributed by atoms with E-state index in [1.807, 2.05) is 23.0 Å². The zero-order chi connectivity index (χ0) is 29.8. The van der Waals surface area contributed by atoms with Crippen LogP contribution in [0.1, 0.15) is 71.6 Å². The highest BCUT2D eigenvalue weighted by Gasteiger charge is 2.57. The molecular weight excluding hydrogens is 529 g/mol. The van der Waals surface area contributed by atoms with Crippen molar-refractivity contribution < 1.29 is 8.82 Å². The average Bonchev–Trinajstić information content (AvgIpc) is 3.45. The summed E-state index contributed by atoms with van der Waals surface area (Å²) in [5, 5.41) is 9.15. The third-order valence-electron chi connectivity index (χ3n) is 12.0. The maximum Gasteiger partial charge on any atom is 0.191 e. The third kappa shape index (κ3) is 5.21. The number of benzene rings is 1. The zero-order valence-corrected chi connectivity index (χ0v) is 27.1. The Morgan fingerprint density at radius 3 is 2.56 bits per heavy atom. The van der Waals surface area contributed by atoms with Crippen molar-refractivity contribution in [1.82, 2.24) is 9.78 Å². The molecule has 41 heavy (non-hydrogen) atoms. The van der Waals surface area contributed by atoms with Crippen LogP contribution in [0.15, 0.2) is 47.7 Å². The lowest BCUT2D eigenvalue weighted by atomic mass is 9.49. The molecule has 3 aliphatic rings. The Kier molecular flexibility index (Phi) is 7.84. The number of fused-ring (bicyclic) bond motifs is 2. The van der Waals surface area contributed by atoms with Crippen LogP contribution in [0.3, 0.4) is 0 Å². The quantitative estimate of drug-likeness (QED) is 0.108. The first-order valence-electron chi connectivity index (χ1n) is 15.4. The van der Waals surface area contributed by atoms with Gasteiger partial charge in [0.2, 0.25) is 0 Å². The van der Waals surface area contributed by atoms with Crippen LogP contribution in [0.2, 0.25) is 18.1 Å². The second-order valence-electron chi connectivity index (χ2n) is 15.0. The lowest BCUT2D eigenvalue weighted by molar-refractivity contribution is -0.0523. The molecule has 0 unspecified atom stereocenters. The summed E-state index contributed by atoms with van der Waals surface area (Å²) in [5.74, 6) is 1.26. The first kappa shape index (κ1) is 30.1. The summed E-state index contributed by atoms with van der Waals surface area (Å²) in [4.78, 5) is 3.23. The van der Waals surface area contributed by atoms with E-state index in [0.29, 0.717) is 30.9 Å². The average molecular weight is 578 g/mol. The fourth-order valence-electron chi connectivity index (χ4n) is 8.21. The molecule has 0 N–H and O–H groups in total. The molecule has 1 aromatic carbocycles. The minimum absolute atomic E-state index is 0.0348. The summed E-state index contributed by atoms with van der Waals surface area (Å²) in [7, 11) is -1.98. The SMILES string of the molecule is C=C1CC[C@H]2[C@H](CN=[N+]=[N-])[C@@H]([C@@]3(C)Cc4cnn(-c5ccc(F)cc5)c4C[C@@H]3CO[Si](C)(C)C(C)(C)C)CC[C@]12C. The van der Waals surface area contributed by atoms with Crippen LogP contribution in [-0.4, -0.2) is 31.2 Å². The summed E-state index contributed by atoms with van der Waals surface area (Å²) in [6.45, 7) is 22.2. The number of hydrogen-bond acceptors (Lipinski definition) is 3. The molecule has 0 aliphatic heterocycles. The molecule has 0 saturated heterocycles. The summed E-state index contributed by atoms with van der Waals surface area (Å²) in [6, 6.07) is 6.62. The molecule has 0 bridgehead atoms. The van der Waals surface area contributed by atoms with Gasteiger partial charge in [0.1, 0.15) is 5.82 Å². The molecule has 1 aromatic heterocycles. The molecule has 2 aromatic rings. The van der Waals surface area contributed by atoms with Crippen molar-refractivity contribution in [1.29, 1.82) is 0 Å². The van der Waals surface area contributed by atoms with Gasteiger partial charge < -0.3 is 4.43 Å². The van der Waals surface area contributed by atoms with E-state index in [2.05, 4.69) is 64.3 Å². The fraction of sp³-hybridized carbons (Fsp3) is 0.667. The van der Waals surface area contributed by atoms with Crippen LogP contribution >= 0.6 is 0 Å². The molecule has 8 heteroatoms. The molecule has 6 nitrogen and oxygen atoms in total. The maximum atomic E-state index is 13.7. The fourth-order valence-corrected chi connectivity index (χ4v) is 9.26. The van der Waals surface area contributed by atoms with E-state index < -0.39 is 8.32 Å². The predicted molar refractivity (Wildman–Crippen MR) is 166 cm³/mol. The van der Waals surface area contributed by atoms with Gasteiger partial charge in [0.25, 0.3) is 0 Å². The van der Waals surface area contributed by atoms with Crippen LogP contribution in [0, 0.1) is 40.3 Å². The van der Waals surface area contributed by atoms with E-state index in [0.717, 1.165) is 44.2 Å². The number of azide groups is 1. The van der Waals surface area contributed by atoms with Crippen LogP contribution in [0.5, 0.6) is 0 Å². The second kappa shape index (κ2) is 10.7. The van der Waals surface area contributed by atoms with Crippen LogP contribution in [0.4, 0.5) is 4.39 Å². The highest BCUT2D eigenvalue weighted by atomic mass is 28.4. The summed E-state index contributed by atoms with van der Waals surface area (Å²) < 4.78 is 22.7. The second-order valence-corrected chi connectivity index (χ2v) is 19.9. The van der Waals surface area contributed by atoms with E-state index in [9.17, 15) is 9.92 Å². The Morgan fingerprint density at radius 1 is 1.20 bits per heavy atom. The Balaban J connectivity index is 1.55. The molecule has 0 amide bonds. The molecule has 3 aliphatic carbocycles. The molecule has 0 radical (unpaired) electrons. The molecule has 5 rings (SSSR count). The molecule has 0 spiro atoms. The number of hydrogen-bond donors (Lipinski definition) is 0.